The largest absolute Gasteiger partial charge is 0.316 e. The number of hydrogen-bond acceptors (Lipinski definition) is 2. The lowest BCUT2D eigenvalue weighted by Gasteiger charge is -2.36. The summed E-state index contributed by atoms with van der Waals surface area (Å²) in [4.78, 5) is 2.62. The van der Waals surface area contributed by atoms with Gasteiger partial charge in [0.05, 0.1) is 0 Å². The third-order valence-corrected chi connectivity index (χ3v) is 3.37. The summed E-state index contributed by atoms with van der Waals surface area (Å²) < 4.78 is 0. The van der Waals surface area contributed by atoms with Crippen LogP contribution in [-0.4, -0.2) is 37.1 Å². The highest BCUT2D eigenvalue weighted by Gasteiger charge is 2.21. The van der Waals surface area contributed by atoms with Gasteiger partial charge in [0.25, 0.3) is 0 Å². The van der Waals surface area contributed by atoms with E-state index >= 15 is 0 Å². The Bertz CT molecular complexity index is 199. The Hall–Kier alpha value is 0.210. The number of halogens is 1. The number of piperidine rings is 1. The van der Waals surface area contributed by atoms with Crippen LogP contribution in [0.4, 0.5) is 0 Å². The van der Waals surface area contributed by atoms with Gasteiger partial charge in [0, 0.05) is 12.6 Å². The molecule has 0 aromatic rings. The summed E-state index contributed by atoms with van der Waals surface area (Å²) in [6, 6.07) is 0.713. The molecule has 0 spiro atoms. The van der Waals surface area contributed by atoms with E-state index in [1.54, 1.807) is 0 Å². The summed E-state index contributed by atoms with van der Waals surface area (Å²) in [5, 5.41) is 3.63. The molecule has 17 heavy (non-hydrogen) atoms. The van der Waals surface area contributed by atoms with E-state index in [9.17, 15) is 0 Å². The molecule has 1 aliphatic rings. The molecule has 2 nitrogen and oxygen atoms in total. The molecule has 1 N–H and O–H groups in total. The van der Waals surface area contributed by atoms with Crippen LogP contribution in [-0.2, 0) is 0 Å². The van der Waals surface area contributed by atoms with E-state index in [1.807, 2.05) is 0 Å². The molecule has 0 aromatic heterocycles. The molecule has 1 aliphatic heterocycles. The van der Waals surface area contributed by atoms with Crippen molar-refractivity contribution in [2.75, 3.05) is 26.2 Å². The summed E-state index contributed by atoms with van der Waals surface area (Å²) in [7, 11) is 0. The lowest BCUT2D eigenvalue weighted by atomic mass is 9.94. The lowest BCUT2D eigenvalue weighted by molar-refractivity contribution is 0.137. The molecule has 0 aromatic carbocycles. The Balaban J connectivity index is 0.00000256. The summed E-state index contributed by atoms with van der Waals surface area (Å²) in [5.41, 5.74) is 0.409. The van der Waals surface area contributed by atoms with E-state index in [-0.39, 0.29) is 12.4 Å². The van der Waals surface area contributed by atoms with Gasteiger partial charge in [0.1, 0.15) is 0 Å². The summed E-state index contributed by atoms with van der Waals surface area (Å²) in [6.45, 7) is 16.4. The van der Waals surface area contributed by atoms with Crippen molar-refractivity contribution >= 4 is 12.4 Å². The third kappa shape index (κ3) is 7.28. The van der Waals surface area contributed by atoms with Gasteiger partial charge in [-0.1, -0.05) is 20.8 Å². The quantitative estimate of drug-likeness (QED) is 0.837. The predicted molar refractivity (Wildman–Crippen MR) is 79.0 cm³/mol. The van der Waals surface area contributed by atoms with E-state index in [4.69, 9.17) is 0 Å². The van der Waals surface area contributed by atoms with Crippen LogP contribution in [0, 0.1) is 11.3 Å². The zero-order valence-corrected chi connectivity index (χ0v) is 13.1. The molecule has 1 heterocycles. The highest BCUT2D eigenvalue weighted by Crippen LogP contribution is 2.18. The molecular weight excluding hydrogens is 232 g/mol. The second kappa shape index (κ2) is 7.60. The minimum absolute atomic E-state index is 0. The zero-order valence-electron chi connectivity index (χ0n) is 12.3. The molecule has 1 unspecified atom stereocenters. The number of rotatable bonds is 4. The van der Waals surface area contributed by atoms with Crippen LogP contribution in [0.25, 0.3) is 0 Å². The fraction of sp³-hybridized carbons (Fsp3) is 1.00. The molecule has 0 aliphatic carbocycles. The fourth-order valence-corrected chi connectivity index (χ4v) is 2.38. The molecule has 0 bridgehead atoms. The van der Waals surface area contributed by atoms with Crippen LogP contribution in [0.15, 0.2) is 0 Å². The van der Waals surface area contributed by atoms with Gasteiger partial charge >= 0.3 is 0 Å². The first-order valence-electron chi connectivity index (χ1n) is 6.83. The normalized spacial score (nSPS) is 22.6. The maximum Gasteiger partial charge on any atom is 0.00387 e. The first-order valence-corrected chi connectivity index (χ1v) is 6.83. The molecule has 1 rings (SSSR count). The van der Waals surface area contributed by atoms with Crippen LogP contribution in [0.2, 0.25) is 0 Å². The number of hydrogen-bond donors (Lipinski definition) is 1. The molecule has 0 amide bonds. The van der Waals surface area contributed by atoms with Gasteiger partial charge in [-0.15, -0.1) is 12.4 Å². The maximum absolute atomic E-state index is 3.63. The average Bonchev–Trinajstić information content (AvgIpc) is 2.16. The molecule has 104 valence electrons. The highest BCUT2D eigenvalue weighted by atomic mass is 35.5. The van der Waals surface area contributed by atoms with Crippen molar-refractivity contribution in [3.05, 3.63) is 0 Å². The van der Waals surface area contributed by atoms with E-state index in [0.29, 0.717) is 11.5 Å². The first-order chi connectivity index (χ1) is 7.38. The van der Waals surface area contributed by atoms with Crippen LogP contribution in [0.1, 0.15) is 47.5 Å². The first kappa shape index (κ1) is 17.2. The number of nitrogens with one attached hydrogen (secondary N) is 1. The predicted octanol–water partition coefficient (Wildman–Crippen LogP) is 3.16. The van der Waals surface area contributed by atoms with Gasteiger partial charge in [0.2, 0.25) is 0 Å². The molecule has 0 radical (unpaired) electrons. The minimum atomic E-state index is 0. The summed E-state index contributed by atoms with van der Waals surface area (Å²) in [5.74, 6) is 0.860. The average molecular weight is 263 g/mol. The van der Waals surface area contributed by atoms with Crippen molar-refractivity contribution in [3.63, 3.8) is 0 Å². The van der Waals surface area contributed by atoms with Crippen molar-refractivity contribution < 1.29 is 0 Å². The smallest absolute Gasteiger partial charge is 0.00387 e. The zero-order chi connectivity index (χ0) is 12.2. The van der Waals surface area contributed by atoms with Crippen molar-refractivity contribution in [2.45, 2.75) is 53.5 Å². The van der Waals surface area contributed by atoms with Gasteiger partial charge in [-0.25, -0.2) is 0 Å². The van der Waals surface area contributed by atoms with Gasteiger partial charge in [-0.2, -0.15) is 0 Å². The van der Waals surface area contributed by atoms with Gasteiger partial charge in [-0.3, -0.25) is 0 Å². The standard InChI is InChI=1S/C14H30N2.ClH/c1-12(2)16-8-6-7-13(10-16)9-15-11-14(3,4)5;/h12-13,15H,6-11H2,1-5H3;1H. The van der Waals surface area contributed by atoms with Crippen molar-refractivity contribution in [2.24, 2.45) is 11.3 Å². The molecular formula is C14H31ClN2. The van der Waals surface area contributed by atoms with Crippen LogP contribution >= 0.6 is 12.4 Å². The van der Waals surface area contributed by atoms with Crippen molar-refractivity contribution in [3.8, 4) is 0 Å². The van der Waals surface area contributed by atoms with Crippen molar-refractivity contribution in [1.29, 1.82) is 0 Å². The Morgan fingerprint density at radius 2 is 1.94 bits per heavy atom. The van der Waals surface area contributed by atoms with Gasteiger partial charge in [0.15, 0.2) is 0 Å². The second-order valence-electron chi connectivity index (χ2n) is 6.79. The maximum atomic E-state index is 3.63. The molecule has 1 saturated heterocycles. The SMILES string of the molecule is CC(C)N1CCCC(CNCC(C)(C)C)C1.Cl. The number of likely N-dealkylation sites (tertiary alicyclic amines) is 1. The van der Waals surface area contributed by atoms with Crippen molar-refractivity contribution in [1.82, 2.24) is 10.2 Å². The molecule has 3 heteroatoms. The summed E-state index contributed by atoms with van der Waals surface area (Å²) in [6.07, 6.45) is 2.78. The Morgan fingerprint density at radius 1 is 1.29 bits per heavy atom. The third-order valence-electron chi connectivity index (χ3n) is 3.37. The second-order valence-corrected chi connectivity index (χ2v) is 6.79. The van der Waals surface area contributed by atoms with E-state index in [0.717, 1.165) is 12.5 Å². The Kier molecular flexibility index (Phi) is 7.70. The molecule has 0 saturated carbocycles. The van der Waals surface area contributed by atoms with Crippen LogP contribution < -0.4 is 5.32 Å². The monoisotopic (exact) mass is 262 g/mol. The Morgan fingerprint density at radius 3 is 2.47 bits per heavy atom. The Labute approximate surface area is 114 Å². The highest BCUT2D eigenvalue weighted by molar-refractivity contribution is 5.85. The van der Waals surface area contributed by atoms with Gasteiger partial charge < -0.3 is 10.2 Å². The minimum Gasteiger partial charge on any atom is -0.316 e. The van der Waals surface area contributed by atoms with E-state index in [2.05, 4.69) is 44.8 Å². The fourth-order valence-electron chi connectivity index (χ4n) is 2.38. The topological polar surface area (TPSA) is 15.3 Å². The molecule has 1 atom stereocenters. The summed E-state index contributed by atoms with van der Waals surface area (Å²) >= 11 is 0. The number of nitrogens with zero attached hydrogens (tertiary/aromatic N) is 1. The van der Waals surface area contributed by atoms with Crippen LogP contribution in [0.3, 0.4) is 0 Å². The van der Waals surface area contributed by atoms with Crippen LogP contribution in [0.5, 0.6) is 0 Å². The van der Waals surface area contributed by atoms with E-state index in [1.165, 1.54) is 32.5 Å². The van der Waals surface area contributed by atoms with Gasteiger partial charge in [-0.05, 0) is 57.7 Å². The molecule has 1 fully saturated rings. The van der Waals surface area contributed by atoms with E-state index < -0.39 is 0 Å². The lowest BCUT2D eigenvalue weighted by Crippen LogP contribution is -2.43.